The lowest BCUT2D eigenvalue weighted by atomic mass is 9.96. The fourth-order valence-corrected chi connectivity index (χ4v) is 3.05. The molecule has 2 atom stereocenters. The van der Waals surface area contributed by atoms with Crippen LogP contribution in [0.3, 0.4) is 0 Å². The van der Waals surface area contributed by atoms with E-state index in [0.717, 1.165) is 24.2 Å². The Labute approximate surface area is 126 Å². The number of aromatic nitrogens is 1. The Morgan fingerprint density at radius 2 is 2.10 bits per heavy atom. The SMILES string of the molecule is CCC(N)c1ccc(N2c3ccccc3CCC2C)cn1. The maximum Gasteiger partial charge on any atom is 0.0600 e. The van der Waals surface area contributed by atoms with Crippen LogP contribution < -0.4 is 10.6 Å². The second-order valence-electron chi connectivity index (χ2n) is 5.84. The minimum atomic E-state index is 0.0325. The molecule has 0 spiro atoms. The van der Waals surface area contributed by atoms with E-state index in [1.54, 1.807) is 0 Å². The van der Waals surface area contributed by atoms with Gasteiger partial charge in [-0.25, -0.2) is 0 Å². The maximum atomic E-state index is 6.05. The number of benzene rings is 1. The highest BCUT2D eigenvalue weighted by Crippen LogP contribution is 2.36. The summed E-state index contributed by atoms with van der Waals surface area (Å²) in [5, 5.41) is 0. The van der Waals surface area contributed by atoms with Crippen molar-refractivity contribution in [2.75, 3.05) is 4.90 Å². The molecule has 1 aliphatic rings. The number of pyridine rings is 1. The van der Waals surface area contributed by atoms with Gasteiger partial charge in [-0.2, -0.15) is 0 Å². The third-order valence-corrected chi connectivity index (χ3v) is 4.39. The highest BCUT2D eigenvalue weighted by molar-refractivity contribution is 5.68. The lowest BCUT2D eigenvalue weighted by Gasteiger charge is -2.37. The molecule has 3 rings (SSSR count). The summed E-state index contributed by atoms with van der Waals surface area (Å²) >= 11 is 0. The highest BCUT2D eigenvalue weighted by Gasteiger charge is 2.24. The maximum absolute atomic E-state index is 6.05. The van der Waals surface area contributed by atoms with E-state index in [4.69, 9.17) is 5.73 Å². The van der Waals surface area contributed by atoms with Crippen LogP contribution in [0.15, 0.2) is 42.6 Å². The van der Waals surface area contributed by atoms with Crippen LogP contribution in [0, 0.1) is 0 Å². The van der Waals surface area contributed by atoms with Crippen LogP contribution in [0.1, 0.15) is 44.0 Å². The van der Waals surface area contributed by atoms with E-state index < -0.39 is 0 Å². The molecule has 1 aromatic carbocycles. The van der Waals surface area contributed by atoms with E-state index in [2.05, 4.69) is 60.1 Å². The zero-order valence-electron chi connectivity index (χ0n) is 12.8. The van der Waals surface area contributed by atoms with Crippen molar-refractivity contribution in [1.82, 2.24) is 4.98 Å². The van der Waals surface area contributed by atoms with Crippen molar-refractivity contribution in [1.29, 1.82) is 0 Å². The lowest BCUT2D eigenvalue weighted by Crippen LogP contribution is -2.33. The Hall–Kier alpha value is -1.87. The van der Waals surface area contributed by atoms with Gasteiger partial charge in [-0.1, -0.05) is 25.1 Å². The van der Waals surface area contributed by atoms with Gasteiger partial charge in [-0.3, -0.25) is 4.98 Å². The van der Waals surface area contributed by atoms with Crippen LogP contribution in [-0.4, -0.2) is 11.0 Å². The van der Waals surface area contributed by atoms with E-state index >= 15 is 0 Å². The predicted octanol–water partition coefficient (Wildman–Crippen LogP) is 3.96. The highest BCUT2D eigenvalue weighted by atomic mass is 15.2. The average molecular weight is 281 g/mol. The van der Waals surface area contributed by atoms with Gasteiger partial charge in [0.05, 0.1) is 17.6 Å². The molecule has 0 saturated heterocycles. The monoisotopic (exact) mass is 281 g/mol. The smallest absolute Gasteiger partial charge is 0.0600 e. The van der Waals surface area contributed by atoms with Gasteiger partial charge in [-0.05, 0) is 49.9 Å². The number of nitrogens with two attached hydrogens (primary N) is 1. The Morgan fingerprint density at radius 1 is 1.29 bits per heavy atom. The van der Waals surface area contributed by atoms with E-state index in [-0.39, 0.29) is 6.04 Å². The molecule has 2 unspecified atom stereocenters. The van der Waals surface area contributed by atoms with Gasteiger partial charge in [0.2, 0.25) is 0 Å². The summed E-state index contributed by atoms with van der Waals surface area (Å²) in [6.45, 7) is 4.37. The predicted molar refractivity (Wildman–Crippen MR) is 87.8 cm³/mol. The van der Waals surface area contributed by atoms with Crippen LogP contribution in [0.4, 0.5) is 11.4 Å². The van der Waals surface area contributed by atoms with Crippen LogP contribution in [-0.2, 0) is 6.42 Å². The summed E-state index contributed by atoms with van der Waals surface area (Å²) < 4.78 is 0. The molecule has 0 fully saturated rings. The van der Waals surface area contributed by atoms with Crippen molar-refractivity contribution in [3.63, 3.8) is 0 Å². The Kier molecular flexibility index (Phi) is 3.93. The van der Waals surface area contributed by atoms with Crippen LogP contribution in [0.25, 0.3) is 0 Å². The number of nitrogens with zero attached hydrogens (tertiary/aromatic N) is 2. The van der Waals surface area contributed by atoms with Crippen LogP contribution >= 0.6 is 0 Å². The second-order valence-corrected chi connectivity index (χ2v) is 5.84. The lowest BCUT2D eigenvalue weighted by molar-refractivity contribution is 0.616. The number of para-hydroxylation sites is 1. The molecule has 0 radical (unpaired) electrons. The number of rotatable bonds is 3. The molecule has 0 bridgehead atoms. The molecular weight excluding hydrogens is 258 g/mol. The van der Waals surface area contributed by atoms with Gasteiger partial charge in [0, 0.05) is 17.8 Å². The second kappa shape index (κ2) is 5.86. The standard InChI is InChI=1S/C18H23N3/c1-3-16(19)17-11-10-15(12-20-17)21-13(2)8-9-14-6-4-5-7-18(14)21/h4-7,10-13,16H,3,8-9,19H2,1-2H3. The quantitative estimate of drug-likeness (QED) is 0.925. The molecule has 2 aromatic rings. The minimum Gasteiger partial charge on any atom is -0.337 e. The van der Waals surface area contributed by atoms with Crippen LogP contribution in [0.5, 0.6) is 0 Å². The Balaban J connectivity index is 1.96. The first kappa shape index (κ1) is 14.1. The first-order valence-corrected chi connectivity index (χ1v) is 7.79. The van der Waals surface area contributed by atoms with Crippen molar-refractivity contribution in [3.05, 3.63) is 53.9 Å². The van der Waals surface area contributed by atoms with Gasteiger partial charge >= 0.3 is 0 Å². The third-order valence-electron chi connectivity index (χ3n) is 4.39. The molecule has 110 valence electrons. The summed E-state index contributed by atoms with van der Waals surface area (Å²) in [4.78, 5) is 6.96. The molecule has 21 heavy (non-hydrogen) atoms. The molecule has 0 saturated carbocycles. The Bertz CT molecular complexity index is 606. The van der Waals surface area contributed by atoms with Gasteiger partial charge < -0.3 is 10.6 Å². The number of fused-ring (bicyclic) bond motifs is 1. The fraction of sp³-hybridized carbons (Fsp3) is 0.389. The summed E-state index contributed by atoms with van der Waals surface area (Å²) in [5.41, 5.74) is 10.9. The van der Waals surface area contributed by atoms with Crippen molar-refractivity contribution in [2.45, 2.75) is 45.2 Å². The van der Waals surface area contributed by atoms with E-state index in [1.807, 2.05) is 6.20 Å². The number of hydrogen-bond acceptors (Lipinski definition) is 3. The van der Waals surface area contributed by atoms with E-state index in [1.165, 1.54) is 17.7 Å². The summed E-state index contributed by atoms with van der Waals surface area (Å²) in [6, 6.07) is 13.4. The van der Waals surface area contributed by atoms with E-state index in [0.29, 0.717) is 6.04 Å². The number of hydrogen-bond donors (Lipinski definition) is 1. The largest absolute Gasteiger partial charge is 0.337 e. The molecular formula is C18H23N3. The first-order valence-electron chi connectivity index (χ1n) is 7.79. The Morgan fingerprint density at radius 3 is 2.81 bits per heavy atom. The normalized spacial score (nSPS) is 19.2. The number of aryl methyl sites for hydroxylation is 1. The third kappa shape index (κ3) is 2.66. The van der Waals surface area contributed by atoms with Crippen LogP contribution in [0.2, 0.25) is 0 Å². The molecule has 3 nitrogen and oxygen atoms in total. The van der Waals surface area contributed by atoms with Crippen molar-refractivity contribution < 1.29 is 0 Å². The van der Waals surface area contributed by atoms with Crippen molar-refractivity contribution in [3.8, 4) is 0 Å². The van der Waals surface area contributed by atoms with Gasteiger partial charge in [0.1, 0.15) is 0 Å². The molecule has 0 aliphatic carbocycles. The molecule has 3 heteroatoms. The van der Waals surface area contributed by atoms with Crippen molar-refractivity contribution >= 4 is 11.4 Å². The zero-order chi connectivity index (χ0) is 14.8. The zero-order valence-corrected chi connectivity index (χ0v) is 12.8. The summed E-state index contributed by atoms with van der Waals surface area (Å²) in [6.07, 6.45) is 5.20. The summed E-state index contributed by atoms with van der Waals surface area (Å²) in [5.74, 6) is 0. The molecule has 2 N–H and O–H groups in total. The first-order chi connectivity index (χ1) is 10.2. The van der Waals surface area contributed by atoms with Gasteiger partial charge in [0.15, 0.2) is 0 Å². The average Bonchev–Trinajstić information content (AvgIpc) is 2.54. The van der Waals surface area contributed by atoms with Gasteiger partial charge in [0.25, 0.3) is 0 Å². The molecule has 2 heterocycles. The molecule has 0 amide bonds. The molecule has 1 aliphatic heterocycles. The molecule has 1 aromatic heterocycles. The minimum absolute atomic E-state index is 0.0325. The topological polar surface area (TPSA) is 42.1 Å². The fourth-order valence-electron chi connectivity index (χ4n) is 3.05. The van der Waals surface area contributed by atoms with Crippen molar-refractivity contribution in [2.24, 2.45) is 5.73 Å². The number of anilines is 2. The van der Waals surface area contributed by atoms with E-state index in [9.17, 15) is 0 Å². The summed E-state index contributed by atoms with van der Waals surface area (Å²) in [7, 11) is 0. The van der Waals surface area contributed by atoms with Gasteiger partial charge in [-0.15, -0.1) is 0 Å².